The van der Waals surface area contributed by atoms with Crippen LogP contribution in [-0.2, 0) is 28.6 Å². The van der Waals surface area contributed by atoms with Gasteiger partial charge in [-0.2, -0.15) is 0 Å². The Hall–Kier alpha value is -2.19. The van der Waals surface area contributed by atoms with Gasteiger partial charge in [0.05, 0.1) is 40.3 Å². The zero-order valence-electron chi connectivity index (χ0n) is 43.0. The largest absolute Gasteiger partial charge is 0.544 e. The molecule has 0 radical (unpaired) electrons. The molecule has 2 atom stereocenters. The molecule has 8 heteroatoms. The molecule has 0 heterocycles. The lowest BCUT2D eigenvalue weighted by Gasteiger charge is -2.34. The molecule has 0 spiro atoms. The van der Waals surface area contributed by atoms with Crippen molar-refractivity contribution in [3.05, 3.63) is 24.3 Å². The lowest BCUT2D eigenvalue weighted by molar-refractivity contribution is -0.889. The average molecular weight is 904 g/mol. The molecule has 0 aliphatic rings. The fourth-order valence-corrected chi connectivity index (χ4v) is 8.36. The van der Waals surface area contributed by atoms with Crippen molar-refractivity contribution in [2.24, 2.45) is 0 Å². The lowest BCUT2D eigenvalue weighted by Crippen LogP contribution is -2.55. The standard InChI is InChI=1S/C56H105NO7/c1-6-8-10-12-14-16-18-20-22-24-26-27-29-30-32-34-36-38-40-42-44-46-54(58)63-51-52(50-62-49-48-53(56(60)61)57(3,4)5)64-55(59)47-45-43-41-39-37-35-33-31-28-25-23-21-19-17-15-13-11-9-7-2/h15,17,19,21,52-53H,6-14,16,18,20,22-51H2,1-5H3/b17-15+,21-19+. The molecular formula is C56H105NO7. The zero-order chi connectivity index (χ0) is 47.0. The first-order chi connectivity index (χ1) is 31.1. The Morgan fingerprint density at radius 3 is 1.20 bits per heavy atom. The smallest absolute Gasteiger partial charge is 0.306 e. The number of esters is 2. The normalized spacial score (nSPS) is 13.0. The molecule has 0 aliphatic heterocycles. The molecule has 2 unspecified atom stereocenters. The minimum atomic E-state index is -1.12. The van der Waals surface area contributed by atoms with E-state index in [-0.39, 0.29) is 42.7 Å². The third kappa shape index (κ3) is 45.0. The number of quaternary nitrogens is 1. The third-order valence-electron chi connectivity index (χ3n) is 12.6. The van der Waals surface area contributed by atoms with Crippen LogP contribution in [0.4, 0.5) is 0 Å². The molecule has 0 N–H and O–H groups in total. The summed E-state index contributed by atoms with van der Waals surface area (Å²) in [6, 6.07) is -0.724. The molecule has 0 saturated heterocycles. The molecule has 0 saturated carbocycles. The summed E-state index contributed by atoms with van der Waals surface area (Å²) in [7, 11) is 5.43. The maximum Gasteiger partial charge on any atom is 0.306 e. The van der Waals surface area contributed by atoms with Crippen molar-refractivity contribution < 1.29 is 38.2 Å². The van der Waals surface area contributed by atoms with Gasteiger partial charge in [-0.15, -0.1) is 0 Å². The van der Waals surface area contributed by atoms with Crippen LogP contribution in [0.15, 0.2) is 24.3 Å². The van der Waals surface area contributed by atoms with Gasteiger partial charge in [0.2, 0.25) is 0 Å². The van der Waals surface area contributed by atoms with Crippen LogP contribution in [0.25, 0.3) is 0 Å². The monoisotopic (exact) mass is 904 g/mol. The number of likely N-dealkylation sites (N-methyl/N-ethyl adjacent to an activating group) is 1. The average Bonchev–Trinajstić information content (AvgIpc) is 3.26. The predicted octanol–water partition coefficient (Wildman–Crippen LogP) is 14.6. The highest BCUT2D eigenvalue weighted by Crippen LogP contribution is 2.17. The van der Waals surface area contributed by atoms with E-state index in [0.717, 1.165) is 38.5 Å². The number of rotatable bonds is 50. The van der Waals surface area contributed by atoms with Gasteiger partial charge in [-0.1, -0.05) is 231 Å². The molecule has 0 aliphatic carbocycles. The van der Waals surface area contributed by atoms with Gasteiger partial charge in [0.15, 0.2) is 6.10 Å². The summed E-state index contributed by atoms with van der Waals surface area (Å²) in [6.45, 7) is 4.68. The van der Waals surface area contributed by atoms with Gasteiger partial charge in [0, 0.05) is 19.3 Å². The Bertz CT molecular complexity index is 1100. The van der Waals surface area contributed by atoms with Gasteiger partial charge >= 0.3 is 11.9 Å². The highest BCUT2D eigenvalue weighted by atomic mass is 16.6. The van der Waals surface area contributed by atoms with Crippen molar-refractivity contribution in [2.45, 2.75) is 276 Å². The number of hydrogen-bond acceptors (Lipinski definition) is 7. The number of unbranched alkanes of at least 4 members (excludes halogenated alkanes) is 33. The molecule has 0 amide bonds. The SMILES string of the molecule is CCCCC/C=C/C=C/CCCCCCCCCCCCC(=O)OC(COCCC(C(=O)[O-])[N+](C)(C)C)COC(=O)CCCCCCCCCCCCCCCCCCCCCCC. The van der Waals surface area contributed by atoms with Crippen LogP contribution in [0, 0.1) is 0 Å². The summed E-state index contributed by atoms with van der Waals surface area (Å²) in [4.78, 5) is 37.1. The van der Waals surface area contributed by atoms with Crippen molar-refractivity contribution in [3.8, 4) is 0 Å². The number of aliphatic carboxylic acids is 1. The maximum absolute atomic E-state index is 12.8. The van der Waals surface area contributed by atoms with Crippen molar-refractivity contribution in [1.29, 1.82) is 0 Å². The van der Waals surface area contributed by atoms with Crippen LogP contribution >= 0.6 is 0 Å². The summed E-state index contributed by atoms with van der Waals surface area (Å²) in [5, 5.41) is 11.7. The van der Waals surface area contributed by atoms with Gasteiger partial charge in [-0.05, 0) is 38.5 Å². The topological polar surface area (TPSA) is 102 Å². The molecule has 0 aromatic carbocycles. The second-order valence-corrected chi connectivity index (χ2v) is 19.9. The van der Waals surface area contributed by atoms with E-state index in [1.54, 1.807) is 0 Å². The Labute approximate surface area is 396 Å². The second kappa shape index (κ2) is 47.3. The molecule has 0 aromatic heterocycles. The van der Waals surface area contributed by atoms with Crippen LogP contribution in [0.3, 0.4) is 0 Å². The molecule has 0 aromatic rings. The third-order valence-corrected chi connectivity index (χ3v) is 12.6. The first-order valence-electron chi connectivity index (χ1n) is 27.4. The first-order valence-corrected chi connectivity index (χ1v) is 27.4. The summed E-state index contributed by atoms with van der Waals surface area (Å²) >= 11 is 0. The van der Waals surface area contributed by atoms with Crippen LogP contribution < -0.4 is 5.11 Å². The fourth-order valence-electron chi connectivity index (χ4n) is 8.36. The minimum Gasteiger partial charge on any atom is -0.544 e. The molecule has 0 bridgehead atoms. The Morgan fingerprint density at radius 1 is 0.469 bits per heavy atom. The lowest BCUT2D eigenvalue weighted by atomic mass is 10.0. The van der Waals surface area contributed by atoms with E-state index in [4.69, 9.17) is 14.2 Å². The molecule has 64 heavy (non-hydrogen) atoms. The van der Waals surface area contributed by atoms with E-state index in [0.29, 0.717) is 12.8 Å². The van der Waals surface area contributed by atoms with Crippen LogP contribution in [0.2, 0.25) is 0 Å². The maximum atomic E-state index is 12.8. The number of ether oxygens (including phenoxy) is 3. The van der Waals surface area contributed by atoms with Gasteiger partial charge in [-0.3, -0.25) is 9.59 Å². The number of allylic oxidation sites excluding steroid dienone is 4. The molecule has 0 rings (SSSR count). The molecule has 0 fully saturated rings. The van der Waals surface area contributed by atoms with Crippen molar-refractivity contribution in [3.63, 3.8) is 0 Å². The highest BCUT2D eigenvalue weighted by molar-refractivity contribution is 5.70. The molecular weight excluding hydrogens is 799 g/mol. The number of nitrogens with zero attached hydrogens (tertiary/aromatic N) is 1. The zero-order valence-corrected chi connectivity index (χ0v) is 43.0. The van der Waals surface area contributed by atoms with E-state index < -0.39 is 18.1 Å². The first kappa shape index (κ1) is 61.8. The molecule has 8 nitrogen and oxygen atoms in total. The summed E-state index contributed by atoms with van der Waals surface area (Å²) in [6.07, 6.45) is 54.9. The minimum absolute atomic E-state index is 0.0442. The molecule has 376 valence electrons. The Morgan fingerprint density at radius 2 is 0.812 bits per heavy atom. The number of hydrogen-bond donors (Lipinski definition) is 0. The number of carboxylic acid groups (broad SMARTS) is 1. The van der Waals surface area contributed by atoms with E-state index in [2.05, 4.69) is 38.2 Å². The van der Waals surface area contributed by atoms with E-state index in [1.165, 1.54) is 193 Å². The van der Waals surface area contributed by atoms with Crippen LogP contribution in [-0.4, -0.2) is 75.5 Å². The van der Waals surface area contributed by atoms with E-state index in [1.807, 2.05) is 21.1 Å². The van der Waals surface area contributed by atoms with Crippen LogP contribution in [0.1, 0.15) is 264 Å². The Balaban J connectivity index is 4.17. The van der Waals surface area contributed by atoms with Crippen molar-refractivity contribution in [1.82, 2.24) is 0 Å². The number of carbonyl (C=O) groups excluding carboxylic acids is 3. The van der Waals surface area contributed by atoms with Gasteiger partial charge < -0.3 is 28.6 Å². The Kier molecular flexibility index (Phi) is 45.7. The predicted molar refractivity (Wildman–Crippen MR) is 268 cm³/mol. The van der Waals surface area contributed by atoms with Crippen molar-refractivity contribution >= 4 is 17.9 Å². The van der Waals surface area contributed by atoms with Crippen molar-refractivity contribution in [2.75, 3.05) is 41.0 Å². The summed E-state index contributed by atoms with van der Waals surface area (Å²) < 4.78 is 17.3. The summed E-state index contributed by atoms with van der Waals surface area (Å²) in [5.74, 6) is -1.72. The van der Waals surface area contributed by atoms with Gasteiger partial charge in [-0.25, -0.2) is 0 Å². The fraction of sp³-hybridized carbons (Fsp3) is 0.875. The second-order valence-electron chi connectivity index (χ2n) is 19.9. The van der Waals surface area contributed by atoms with Crippen LogP contribution in [0.5, 0.6) is 0 Å². The van der Waals surface area contributed by atoms with E-state index in [9.17, 15) is 19.5 Å². The highest BCUT2D eigenvalue weighted by Gasteiger charge is 2.25. The quantitative estimate of drug-likeness (QED) is 0.0259. The summed E-state index contributed by atoms with van der Waals surface area (Å²) in [5.41, 5.74) is 0. The van der Waals surface area contributed by atoms with Gasteiger partial charge in [0.25, 0.3) is 0 Å². The number of carboxylic acids is 1. The number of carbonyl (C=O) groups is 3. The van der Waals surface area contributed by atoms with E-state index >= 15 is 0 Å². The van der Waals surface area contributed by atoms with Gasteiger partial charge in [0.1, 0.15) is 12.6 Å².